The van der Waals surface area contributed by atoms with Crippen LogP contribution in [0.4, 0.5) is 5.82 Å². The maximum atomic E-state index is 12.2. The molecule has 1 heterocycles. The van der Waals surface area contributed by atoms with Crippen LogP contribution in [0.15, 0.2) is 36.5 Å². The van der Waals surface area contributed by atoms with Gasteiger partial charge in [0.25, 0.3) is 0 Å². The largest absolute Gasteiger partial charge is 0.348 e. The van der Waals surface area contributed by atoms with E-state index in [1.807, 2.05) is 19.9 Å². The summed E-state index contributed by atoms with van der Waals surface area (Å²) in [6.07, 6.45) is 1.63. The molecule has 0 fully saturated rings. The SMILES string of the molecule is Cc1ccnc(NC(=O)CN(C)CC(=O)NC(C)c2ccc(Cl)cc2Cl)c1. The van der Waals surface area contributed by atoms with Gasteiger partial charge in [-0.1, -0.05) is 29.3 Å². The fraction of sp³-hybridized carbons (Fsp3) is 0.316. The number of carbonyl (C=O) groups excluding carboxylic acids is 2. The van der Waals surface area contributed by atoms with E-state index in [-0.39, 0.29) is 30.9 Å². The van der Waals surface area contributed by atoms with Crippen LogP contribution >= 0.6 is 23.2 Å². The number of nitrogens with zero attached hydrogens (tertiary/aromatic N) is 2. The highest BCUT2D eigenvalue weighted by atomic mass is 35.5. The normalized spacial score (nSPS) is 11.9. The predicted molar refractivity (Wildman–Crippen MR) is 108 cm³/mol. The molecule has 1 unspecified atom stereocenters. The maximum Gasteiger partial charge on any atom is 0.239 e. The molecule has 6 nitrogen and oxygen atoms in total. The van der Waals surface area contributed by atoms with Crippen molar-refractivity contribution in [1.82, 2.24) is 15.2 Å². The molecular formula is C19H22Cl2N4O2. The standard InChI is InChI=1S/C19H22Cl2N4O2/c1-12-6-7-22-17(8-12)24-19(27)11-25(3)10-18(26)23-13(2)15-5-4-14(20)9-16(15)21/h4-9,13H,10-11H2,1-3H3,(H,23,26)(H,22,24,27). The van der Waals surface area contributed by atoms with Gasteiger partial charge in [-0.3, -0.25) is 14.5 Å². The average molecular weight is 409 g/mol. The van der Waals surface area contributed by atoms with E-state index in [0.717, 1.165) is 11.1 Å². The molecule has 0 aliphatic carbocycles. The first-order chi connectivity index (χ1) is 12.7. The summed E-state index contributed by atoms with van der Waals surface area (Å²) in [6.45, 7) is 3.90. The van der Waals surface area contributed by atoms with Crippen molar-refractivity contribution in [3.8, 4) is 0 Å². The fourth-order valence-corrected chi connectivity index (χ4v) is 3.12. The van der Waals surface area contributed by atoms with Gasteiger partial charge >= 0.3 is 0 Å². The molecule has 2 N–H and O–H groups in total. The summed E-state index contributed by atoms with van der Waals surface area (Å²) in [5, 5.41) is 6.61. The number of hydrogen-bond donors (Lipinski definition) is 2. The fourth-order valence-electron chi connectivity index (χ4n) is 2.55. The Labute approximate surface area is 168 Å². The van der Waals surface area contributed by atoms with Crippen molar-refractivity contribution < 1.29 is 9.59 Å². The Morgan fingerprint density at radius 3 is 2.52 bits per heavy atom. The van der Waals surface area contributed by atoms with Gasteiger partial charge in [-0.2, -0.15) is 0 Å². The number of halogens is 2. The highest BCUT2D eigenvalue weighted by Gasteiger charge is 2.16. The lowest BCUT2D eigenvalue weighted by atomic mass is 10.1. The number of anilines is 1. The van der Waals surface area contributed by atoms with Crippen LogP contribution < -0.4 is 10.6 Å². The Morgan fingerprint density at radius 1 is 1.15 bits per heavy atom. The third-order valence-corrected chi connectivity index (χ3v) is 4.38. The highest BCUT2D eigenvalue weighted by Crippen LogP contribution is 2.25. The third kappa shape index (κ3) is 6.82. The highest BCUT2D eigenvalue weighted by molar-refractivity contribution is 6.35. The lowest BCUT2D eigenvalue weighted by Gasteiger charge is -2.19. The first-order valence-corrected chi connectivity index (χ1v) is 9.15. The second-order valence-corrected chi connectivity index (χ2v) is 7.24. The monoisotopic (exact) mass is 408 g/mol. The molecule has 144 valence electrons. The second kappa shape index (κ2) is 9.69. The van der Waals surface area contributed by atoms with E-state index in [1.165, 1.54) is 0 Å². The number of benzene rings is 1. The number of amides is 2. The Hall–Kier alpha value is -2.15. The number of carbonyl (C=O) groups is 2. The van der Waals surface area contributed by atoms with Gasteiger partial charge in [0.15, 0.2) is 0 Å². The summed E-state index contributed by atoms with van der Waals surface area (Å²) < 4.78 is 0. The summed E-state index contributed by atoms with van der Waals surface area (Å²) in [7, 11) is 1.70. The van der Waals surface area contributed by atoms with Crippen molar-refractivity contribution in [2.75, 3.05) is 25.5 Å². The third-order valence-electron chi connectivity index (χ3n) is 3.82. The minimum absolute atomic E-state index is 0.0686. The zero-order chi connectivity index (χ0) is 20.0. The van der Waals surface area contributed by atoms with Gasteiger partial charge in [-0.25, -0.2) is 4.98 Å². The van der Waals surface area contributed by atoms with Crippen LogP contribution in [0.2, 0.25) is 10.0 Å². The molecule has 0 radical (unpaired) electrons. The number of pyridine rings is 1. The van der Waals surface area contributed by atoms with Crippen LogP contribution in [0.25, 0.3) is 0 Å². The molecule has 27 heavy (non-hydrogen) atoms. The van der Waals surface area contributed by atoms with Crippen LogP contribution in [0.5, 0.6) is 0 Å². The predicted octanol–water partition coefficient (Wildman–Crippen LogP) is 3.44. The molecule has 2 rings (SSSR count). The molecule has 0 saturated heterocycles. The zero-order valence-electron chi connectivity index (χ0n) is 15.4. The van der Waals surface area contributed by atoms with E-state index in [9.17, 15) is 9.59 Å². The van der Waals surface area contributed by atoms with Crippen LogP contribution in [-0.4, -0.2) is 41.8 Å². The molecule has 1 aromatic carbocycles. The molecule has 1 aromatic heterocycles. The Balaban J connectivity index is 1.83. The molecule has 2 amide bonds. The molecule has 2 aromatic rings. The van der Waals surface area contributed by atoms with E-state index in [4.69, 9.17) is 23.2 Å². The number of hydrogen-bond acceptors (Lipinski definition) is 4. The van der Waals surface area contributed by atoms with Crippen LogP contribution in [-0.2, 0) is 9.59 Å². The molecule has 0 spiro atoms. The van der Waals surface area contributed by atoms with Crippen molar-refractivity contribution in [2.24, 2.45) is 0 Å². The molecule has 0 bridgehead atoms. The molecule has 8 heteroatoms. The van der Waals surface area contributed by atoms with Gasteiger partial charge in [0.05, 0.1) is 19.1 Å². The first kappa shape index (κ1) is 21.2. The number of aryl methyl sites for hydroxylation is 1. The summed E-state index contributed by atoms with van der Waals surface area (Å²) in [5.41, 5.74) is 1.78. The van der Waals surface area contributed by atoms with E-state index in [2.05, 4.69) is 15.6 Å². The zero-order valence-corrected chi connectivity index (χ0v) is 16.9. The van der Waals surface area contributed by atoms with Gasteiger partial charge in [0, 0.05) is 16.2 Å². The van der Waals surface area contributed by atoms with Gasteiger partial charge in [-0.15, -0.1) is 0 Å². The second-order valence-electron chi connectivity index (χ2n) is 6.39. The number of aromatic nitrogens is 1. The summed E-state index contributed by atoms with van der Waals surface area (Å²) in [6, 6.07) is 8.49. The Morgan fingerprint density at radius 2 is 1.85 bits per heavy atom. The van der Waals surface area contributed by atoms with Crippen molar-refractivity contribution in [3.63, 3.8) is 0 Å². The van der Waals surface area contributed by atoms with Gasteiger partial charge in [0.1, 0.15) is 5.82 Å². The van der Waals surface area contributed by atoms with Crippen molar-refractivity contribution >= 4 is 40.8 Å². The quantitative estimate of drug-likeness (QED) is 0.735. The van der Waals surface area contributed by atoms with E-state index in [0.29, 0.717) is 15.9 Å². The summed E-state index contributed by atoms with van der Waals surface area (Å²) in [5.74, 6) is 0.0403. The number of nitrogens with one attached hydrogen (secondary N) is 2. The summed E-state index contributed by atoms with van der Waals surface area (Å²) in [4.78, 5) is 30.0. The van der Waals surface area contributed by atoms with E-state index >= 15 is 0 Å². The molecule has 0 saturated carbocycles. The minimum atomic E-state index is -0.277. The maximum absolute atomic E-state index is 12.2. The molecule has 0 aliphatic heterocycles. The topological polar surface area (TPSA) is 74.3 Å². The van der Waals surface area contributed by atoms with Crippen LogP contribution in [0.1, 0.15) is 24.1 Å². The van der Waals surface area contributed by atoms with Crippen LogP contribution in [0.3, 0.4) is 0 Å². The molecule has 1 atom stereocenters. The average Bonchev–Trinajstić information content (AvgIpc) is 2.53. The Kier molecular flexibility index (Phi) is 7.59. The van der Waals surface area contributed by atoms with Crippen molar-refractivity contribution in [1.29, 1.82) is 0 Å². The van der Waals surface area contributed by atoms with Gasteiger partial charge in [0.2, 0.25) is 11.8 Å². The molecule has 0 aliphatic rings. The number of rotatable bonds is 7. The minimum Gasteiger partial charge on any atom is -0.348 e. The lowest BCUT2D eigenvalue weighted by Crippen LogP contribution is -2.39. The van der Waals surface area contributed by atoms with Gasteiger partial charge < -0.3 is 10.6 Å². The lowest BCUT2D eigenvalue weighted by molar-refractivity contribution is -0.123. The van der Waals surface area contributed by atoms with E-state index < -0.39 is 0 Å². The first-order valence-electron chi connectivity index (χ1n) is 8.40. The smallest absolute Gasteiger partial charge is 0.239 e. The van der Waals surface area contributed by atoms with E-state index in [1.54, 1.807) is 42.4 Å². The summed E-state index contributed by atoms with van der Waals surface area (Å²) >= 11 is 12.1. The number of likely N-dealkylation sites (N-methyl/N-ethyl adjacent to an activating group) is 1. The van der Waals surface area contributed by atoms with Crippen molar-refractivity contribution in [2.45, 2.75) is 19.9 Å². The van der Waals surface area contributed by atoms with Crippen LogP contribution in [0, 0.1) is 6.92 Å². The Bertz CT molecular complexity index is 829. The van der Waals surface area contributed by atoms with Crippen molar-refractivity contribution in [3.05, 3.63) is 57.7 Å². The molecular weight excluding hydrogens is 387 g/mol. The van der Waals surface area contributed by atoms with Gasteiger partial charge in [-0.05, 0) is 56.3 Å².